The van der Waals surface area contributed by atoms with Crippen LogP contribution in [0.1, 0.15) is 91.4 Å². The van der Waals surface area contributed by atoms with E-state index in [-0.39, 0.29) is 23.8 Å². The number of hydrogen-bond donors (Lipinski definition) is 0. The molecule has 128 valence electrons. The molecule has 1 aliphatic rings. The smallest absolute Gasteiger partial charge is 0.317 e. The molecule has 1 heterocycles. The van der Waals surface area contributed by atoms with Crippen molar-refractivity contribution in [3.8, 4) is 0 Å². The maximum Gasteiger partial charge on any atom is 0.317 e. The van der Waals surface area contributed by atoms with Crippen molar-refractivity contribution in [3.63, 3.8) is 0 Å². The number of carbonyl (C=O) groups is 2. The molecule has 1 saturated heterocycles. The number of esters is 1. The molecular formula is C19H34O3. The molecule has 1 rings (SSSR count). The summed E-state index contributed by atoms with van der Waals surface area (Å²) >= 11 is 0. The van der Waals surface area contributed by atoms with Gasteiger partial charge in [0.05, 0.1) is 6.10 Å². The number of hydrogen-bond acceptors (Lipinski definition) is 3. The summed E-state index contributed by atoms with van der Waals surface area (Å²) in [5, 5.41) is 0. The van der Waals surface area contributed by atoms with Crippen LogP contribution in [0.2, 0.25) is 0 Å². The Labute approximate surface area is 136 Å². The molecule has 0 aliphatic carbocycles. The highest BCUT2D eigenvalue weighted by Crippen LogP contribution is 2.28. The number of carbonyl (C=O) groups excluding carboxylic acids is 2. The van der Waals surface area contributed by atoms with Gasteiger partial charge in [0, 0.05) is 6.42 Å². The van der Waals surface area contributed by atoms with E-state index in [9.17, 15) is 9.59 Å². The Kier molecular flexibility index (Phi) is 9.42. The second-order valence-electron chi connectivity index (χ2n) is 6.98. The van der Waals surface area contributed by atoms with Crippen molar-refractivity contribution in [1.82, 2.24) is 0 Å². The highest BCUT2D eigenvalue weighted by molar-refractivity contribution is 5.99. The minimum Gasteiger partial charge on any atom is -0.462 e. The Bertz CT molecular complexity index is 338. The van der Waals surface area contributed by atoms with E-state index in [0.717, 1.165) is 19.3 Å². The number of Topliss-reactive ketones (excluding diaryl/α,β-unsaturated/α-hetero) is 1. The van der Waals surface area contributed by atoms with Gasteiger partial charge in [0.2, 0.25) is 0 Å². The molecule has 3 nitrogen and oxygen atoms in total. The molecule has 3 atom stereocenters. The van der Waals surface area contributed by atoms with E-state index in [1.54, 1.807) is 0 Å². The monoisotopic (exact) mass is 310 g/mol. The predicted molar refractivity (Wildman–Crippen MR) is 89.7 cm³/mol. The van der Waals surface area contributed by atoms with Crippen LogP contribution < -0.4 is 0 Å². The van der Waals surface area contributed by atoms with E-state index in [4.69, 9.17) is 4.74 Å². The Morgan fingerprint density at radius 3 is 2.09 bits per heavy atom. The zero-order chi connectivity index (χ0) is 16.4. The highest BCUT2D eigenvalue weighted by Gasteiger charge is 2.38. The second kappa shape index (κ2) is 10.8. The summed E-state index contributed by atoms with van der Waals surface area (Å²) in [5.74, 6) is -0.591. The first-order chi connectivity index (χ1) is 10.6. The SMILES string of the molecule is CCCCCCCCCCCC(=O)[C@H]1C(=O)O[C@H](C)C[C@@H]1C. The first kappa shape index (κ1) is 19.2. The molecular weight excluding hydrogens is 276 g/mol. The zero-order valence-corrected chi connectivity index (χ0v) is 14.7. The lowest BCUT2D eigenvalue weighted by atomic mass is 9.82. The fourth-order valence-corrected chi connectivity index (χ4v) is 3.43. The van der Waals surface area contributed by atoms with Crippen LogP contribution in [0.3, 0.4) is 0 Å². The fraction of sp³-hybridized carbons (Fsp3) is 0.895. The van der Waals surface area contributed by atoms with Crippen molar-refractivity contribution in [1.29, 1.82) is 0 Å². The molecule has 3 heteroatoms. The third-order valence-electron chi connectivity index (χ3n) is 4.72. The number of cyclic esters (lactones) is 1. The van der Waals surface area contributed by atoms with Gasteiger partial charge < -0.3 is 4.74 Å². The van der Waals surface area contributed by atoms with Gasteiger partial charge in [-0.15, -0.1) is 0 Å². The Hall–Kier alpha value is -0.860. The summed E-state index contributed by atoms with van der Waals surface area (Å²) in [6.45, 7) is 6.13. The molecule has 0 spiro atoms. The van der Waals surface area contributed by atoms with Crippen LogP contribution in [-0.2, 0) is 14.3 Å². The van der Waals surface area contributed by atoms with E-state index in [1.807, 2.05) is 13.8 Å². The molecule has 1 fully saturated rings. The maximum atomic E-state index is 12.2. The summed E-state index contributed by atoms with van der Waals surface area (Å²) in [6, 6.07) is 0. The third kappa shape index (κ3) is 6.93. The largest absolute Gasteiger partial charge is 0.462 e. The van der Waals surface area contributed by atoms with E-state index < -0.39 is 5.92 Å². The second-order valence-corrected chi connectivity index (χ2v) is 6.98. The molecule has 0 radical (unpaired) electrons. The standard InChI is InChI=1S/C19H34O3/c1-4-5-6-7-8-9-10-11-12-13-17(20)18-15(2)14-16(3)22-19(18)21/h15-16,18H,4-14H2,1-3H3/t15-,16+,18-/m0/s1. The lowest BCUT2D eigenvalue weighted by Crippen LogP contribution is -2.40. The highest BCUT2D eigenvalue weighted by atomic mass is 16.5. The number of ether oxygens (including phenoxy) is 1. The van der Waals surface area contributed by atoms with Crippen LogP contribution in [0.15, 0.2) is 0 Å². The number of rotatable bonds is 11. The summed E-state index contributed by atoms with van der Waals surface area (Å²) in [4.78, 5) is 24.1. The molecule has 1 aliphatic heterocycles. The van der Waals surface area contributed by atoms with Gasteiger partial charge in [-0.05, 0) is 25.7 Å². The van der Waals surface area contributed by atoms with Crippen molar-refractivity contribution in [2.45, 2.75) is 97.5 Å². The third-order valence-corrected chi connectivity index (χ3v) is 4.72. The van der Waals surface area contributed by atoms with Gasteiger partial charge in [-0.2, -0.15) is 0 Å². The van der Waals surface area contributed by atoms with Gasteiger partial charge in [0.15, 0.2) is 0 Å². The first-order valence-corrected chi connectivity index (χ1v) is 9.29. The normalized spacial score (nSPS) is 25.0. The van der Waals surface area contributed by atoms with E-state index in [1.165, 1.54) is 44.9 Å². The lowest BCUT2D eigenvalue weighted by Gasteiger charge is -2.30. The Morgan fingerprint density at radius 1 is 1.00 bits per heavy atom. The van der Waals surface area contributed by atoms with Crippen molar-refractivity contribution in [2.24, 2.45) is 11.8 Å². The lowest BCUT2D eigenvalue weighted by molar-refractivity contribution is -0.165. The molecule has 0 unspecified atom stereocenters. The predicted octanol–water partition coefficient (Wildman–Crippen LogP) is 5.06. The van der Waals surface area contributed by atoms with Gasteiger partial charge in [-0.3, -0.25) is 9.59 Å². The van der Waals surface area contributed by atoms with Gasteiger partial charge in [0.1, 0.15) is 11.7 Å². The molecule has 22 heavy (non-hydrogen) atoms. The minimum absolute atomic E-state index is 0.0424. The summed E-state index contributed by atoms with van der Waals surface area (Å²) in [6.07, 6.45) is 12.5. The summed E-state index contributed by atoms with van der Waals surface area (Å²) < 4.78 is 5.22. The van der Waals surface area contributed by atoms with Crippen LogP contribution in [0.5, 0.6) is 0 Å². The van der Waals surface area contributed by atoms with Gasteiger partial charge in [-0.1, -0.05) is 65.2 Å². The van der Waals surface area contributed by atoms with Crippen molar-refractivity contribution in [3.05, 3.63) is 0 Å². The van der Waals surface area contributed by atoms with Crippen LogP contribution in [0, 0.1) is 11.8 Å². The maximum absolute atomic E-state index is 12.2. The topological polar surface area (TPSA) is 43.4 Å². The molecule has 0 aromatic heterocycles. The summed E-state index contributed by atoms with van der Waals surface area (Å²) in [7, 11) is 0. The molecule has 0 N–H and O–H groups in total. The van der Waals surface area contributed by atoms with Gasteiger partial charge in [0.25, 0.3) is 0 Å². The minimum atomic E-state index is -0.509. The molecule has 0 bridgehead atoms. The summed E-state index contributed by atoms with van der Waals surface area (Å²) in [5.41, 5.74) is 0. The average molecular weight is 310 g/mol. The number of unbranched alkanes of at least 4 members (excludes halogenated alkanes) is 8. The fourth-order valence-electron chi connectivity index (χ4n) is 3.43. The van der Waals surface area contributed by atoms with E-state index in [0.29, 0.717) is 6.42 Å². The first-order valence-electron chi connectivity index (χ1n) is 9.29. The van der Waals surface area contributed by atoms with E-state index in [2.05, 4.69) is 6.92 Å². The van der Waals surface area contributed by atoms with Gasteiger partial charge >= 0.3 is 5.97 Å². The number of ketones is 1. The van der Waals surface area contributed by atoms with Crippen LogP contribution in [0.4, 0.5) is 0 Å². The Morgan fingerprint density at radius 2 is 1.55 bits per heavy atom. The van der Waals surface area contributed by atoms with Crippen molar-refractivity contribution < 1.29 is 14.3 Å². The van der Waals surface area contributed by atoms with Crippen LogP contribution >= 0.6 is 0 Å². The molecule has 0 aromatic carbocycles. The Balaban J connectivity index is 2.09. The van der Waals surface area contributed by atoms with Crippen LogP contribution in [0.25, 0.3) is 0 Å². The quantitative estimate of drug-likeness (QED) is 0.304. The van der Waals surface area contributed by atoms with E-state index >= 15 is 0 Å². The molecule has 0 aromatic rings. The molecule has 0 saturated carbocycles. The van der Waals surface area contributed by atoms with Crippen molar-refractivity contribution in [2.75, 3.05) is 0 Å². The van der Waals surface area contributed by atoms with Crippen LogP contribution in [-0.4, -0.2) is 17.9 Å². The molecule has 0 amide bonds. The average Bonchev–Trinajstić information content (AvgIpc) is 2.44. The van der Waals surface area contributed by atoms with Crippen molar-refractivity contribution >= 4 is 11.8 Å². The van der Waals surface area contributed by atoms with Gasteiger partial charge in [-0.25, -0.2) is 0 Å². The zero-order valence-electron chi connectivity index (χ0n) is 14.7.